The first-order valence-electron chi connectivity index (χ1n) is 6.97. The zero-order valence-electron chi connectivity index (χ0n) is 12.8. The summed E-state index contributed by atoms with van der Waals surface area (Å²) < 4.78 is 0.751. The van der Waals surface area contributed by atoms with Crippen molar-refractivity contribution in [1.29, 1.82) is 0 Å². The van der Waals surface area contributed by atoms with Gasteiger partial charge >= 0.3 is 0 Å². The molecular weight excluding hydrogens is 380 g/mol. The molecule has 0 unspecified atom stereocenters. The Labute approximate surface area is 148 Å². The topological polar surface area (TPSA) is 49.4 Å². The number of hydrogen-bond donors (Lipinski definition) is 1. The van der Waals surface area contributed by atoms with Crippen LogP contribution in [0.3, 0.4) is 0 Å². The lowest BCUT2D eigenvalue weighted by Crippen LogP contribution is -2.36. The molecule has 0 heterocycles. The Hall–Kier alpha value is -1.85. The standard InChI is InChI=1S/C17H16BrClN2O2/c1-11-7-8-13(9-15(11)19)20-17(23)10-21(12(2)22)16-6-4-3-5-14(16)18/h3-9H,10H2,1-2H3,(H,20,23). The molecule has 0 aliphatic heterocycles. The van der Waals surface area contributed by atoms with Crippen LogP contribution in [0.2, 0.25) is 5.02 Å². The summed E-state index contributed by atoms with van der Waals surface area (Å²) in [5.74, 6) is -0.509. The molecule has 120 valence electrons. The summed E-state index contributed by atoms with van der Waals surface area (Å²) >= 11 is 9.44. The molecule has 0 aliphatic rings. The number of carbonyl (C=O) groups excluding carboxylic acids is 2. The average Bonchev–Trinajstić information content (AvgIpc) is 2.49. The predicted molar refractivity (Wildman–Crippen MR) is 97.0 cm³/mol. The largest absolute Gasteiger partial charge is 0.324 e. The van der Waals surface area contributed by atoms with Gasteiger partial charge in [0.25, 0.3) is 0 Å². The zero-order valence-corrected chi connectivity index (χ0v) is 15.1. The molecule has 0 aliphatic carbocycles. The number of anilines is 2. The van der Waals surface area contributed by atoms with E-state index >= 15 is 0 Å². The lowest BCUT2D eigenvalue weighted by molar-refractivity contribution is -0.120. The molecule has 1 N–H and O–H groups in total. The summed E-state index contributed by atoms with van der Waals surface area (Å²) in [5.41, 5.74) is 2.18. The smallest absolute Gasteiger partial charge is 0.244 e. The molecule has 2 rings (SSSR count). The quantitative estimate of drug-likeness (QED) is 0.834. The number of nitrogens with zero attached hydrogens (tertiary/aromatic N) is 1. The average molecular weight is 396 g/mol. The third-order valence-corrected chi connectivity index (χ3v) is 4.36. The van der Waals surface area contributed by atoms with Gasteiger partial charge in [-0.1, -0.05) is 29.8 Å². The van der Waals surface area contributed by atoms with Crippen LogP contribution >= 0.6 is 27.5 Å². The molecule has 23 heavy (non-hydrogen) atoms. The van der Waals surface area contributed by atoms with E-state index in [1.54, 1.807) is 18.2 Å². The zero-order chi connectivity index (χ0) is 17.0. The van der Waals surface area contributed by atoms with E-state index < -0.39 is 0 Å². The molecule has 6 heteroatoms. The third kappa shape index (κ3) is 4.56. The molecule has 0 atom stereocenters. The van der Waals surface area contributed by atoms with E-state index in [-0.39, 0.29) is 18.4 Å². The van der Waals surface area contributed by atoms with E-state index in [0.29, 0.717) is 16.4 Å². The Morgan fingerprint density at radius 3 is 2.52 bits per heavy atom. The number of halogens is 2. The van der Waals surface area contributed by atoms with Crippen LogP contribution in [0.4, 0.5) is 11.4 Å². The lowest BCUT2D eigenvalue weighted by atomic mass is 10.2. The molecule has 2 aromatic rings. The van der Waals surface area contributed by atoms with E-state index in [4.69, 9.17) is 11.6 Å². The SMILES string of the molecule is CC(=O)N(CC(=O)Nc1ccc(C)c(Cl)c1)c1ccccc1Br. The summed E-state index contributed by atoms with van der Waals surface area (Å²) in [4.78, 5) is 25.5. The van der Waals surface area contributed by atoms with Crippen molar-refractivity contribution in [2.24, 2.45) is 0 Å². The highest BCUT2D eigenvalue weighted by atomic mass is 79.9. The maximum Gasteiger partial charge on any atom is 0.244 e. The van der Waals surface area contributed by atoms with Gasteiger partial charge in [0.1, 0.15) is 6.54 Å². The predicted octanol–water partition coefficient (Wildman–Crippen LogP) is 4.40. The Morgan fingerprint density at radius 2 is 1.91 bits per heavy atom. The Balaban J connectivity index is 2.14. The molecule has 4 nitrogen and oxygen atoms in total. The monoisotopic (exact) mass is 394 g/mol. The Morgan fingerprint density at radius 1 is 1.22 bits per heavy atom. The van der Waals surface area contributed by atoms with E-state index in [1.807, 2.05) is 31.2 Å². The van der Waals surface area contributed by atoms with Crippen molar-refractivity contribution in [2.75, 3.05) is 16.8 Å². The molecule has 0 aromatic heterocycles. The molecule has 0 spiro atoms. The fourth-order valence-corrected chi connectivity index (χ4v) is 2.73. The first-order chi connectivity index (χ1) is 10.9. The normalized spacial score (nSPS) is 10.3. The maximum atomic E-state index is 12.2. The van der Waals surface area contributed by atoms with Crippen molar-refractivity contribution in [3.63, 3.8) is 0 Å². The number of amides is 2. The van der Waals surface area contributed by atoms with Crippen LogP contribution in [0.15, 0.2) is 46.9 Å². The number of para-hydroxylation sites is 1. The summed E-state index contributed by atoms with van der Waals surface area (Å²) in [5, 5.41) is 3.33. The first-order valence-corrected chi connectivity index (χ1v) is 8.14. The number of nitrogens with one attached hydrogen (secondary N) is 1. The minimum absolute atomic E-state index is 0.0799. The van der Waals surface area contributed by atoms with Gasteiger partial charge in [0.2, 0.25) is 11.8 Å². The number of carbonyl (C=O) groups is 2. The van der Waals surface area contributed by atoms with Crippen LogP contribution < -0.4 is 10.2 Å². The second-order valence-corrected chi connectivity index (χ2v) is 6.33. The van der Waals surface area contributed by atoms with Crippen LogP contribution in [-0.4, -0.2) is 18.4 Å². The van der Waals surface area contributed by atoms with Crippen molar-refractivity contribution >= 4 is 50.7 Å². The first kappa shape index (κ1) is 17.5. The van der Waals surface area contributed by atoms with E-state index in [0.717, 1.165) is 10.0 Å². The summed E-state index contributed by atoms with van der Waals surface area (Å²) in [6.45, 7) is 3.23. The van der Waals surface area contributed by atoms with Crippen LogP contribution in [0.1, 0.15) is 12.5 Å². The molecule has 0 radical (unpaired) electrons. The number of hydrogen-bond acceptors (Lipinski definition) is 2. The summed E-state index contributed by atoms with van der Waals surface area (Å²) in [7, 11) is 0. The number of benzene rings is 2. The maximum absolute atomic E-state index is 12.2. The highest BCUT2D eigenvalue weighted by molar-refractivity contribution is 9.10. The second-order valence-electron chi connectivity index (χ2n) is 5.07. The van der Waals surface area contributed by atoms with Gasteiger partial charge in [0.15, 0.2) is 0 Å². The van der Waals surface area contributed by atoms with Gasteiger partial charge in [-0.05, 0) is 52.7 Å². The van der Waals surface area contributed by atoms with Gasteiger partial charge < -0.3 is 10.2 Å². The molecule has 0 saturated carbocycles. The third-order valence-electron chi connectivity index (χ3n) is 3.28. The van der Waals surface area contributed by atoms with Gasteiger partial charge in [-0.25, -0.2) is 0 Å². The lowest BCUT2D eigenvalue weighted by Gasteiger charge is -2.22. The van der Waals surface area contributed by atoms with Crippen LogP contribution in [-0.2, 0) is 9.59 Å². The van der Waals surface area contributed by atoms with Crippen LogP contribution in [0.25, 0.3) is 0 Å². The van der Waals surface area contributed by atoms with Gasteiger partial charge in [-0.3, -0.25) is 9.59 Å². The number of rotatable bonds is 4. The van der Waals surface area contributed by atoms with E-state index in [9.17, 15) is 9.59 Å². The fourth-order valence-electron chi connectivity index (χ4n) is 2.05. The highest BCUT2D eigenvalue weighted by Crippen LogP contribution is 2.26. The summed E-state index contributed by atoms with van der Waals surface area (Å²) in [6.07, 6.45) is 0. The molecular formula is C17H16BrClN2O2. The molecule has 0 fully saturated rings. The van der Waals surface area contributed by atoms with Gasteiger partial charge in [-0.2, -0.15) is 0 Å². The molecule has 0 bridgehead atoms. The van der Waals surface area contributed by atoms with Crippen molar-refractivity contribution in [3.8, 4) is 0 Å². The molecule has 2 aromatic carbocycles. The molecule has 0 saturated heterocycles. The van der Waals surface area contributed by atoms with Crippen molar-refractivity contribution < 1.29 is 9.59 Å². The Bertz CT molecular complexity index is 749. The second kappa shape index (κ2) is 7.62. The van der Waals surface area contributed by atoms with Crippen molar-refractivity contribution in [3.05, 3.63) is 57.5 Å². The fraction of sp³-hybridized carbons (Fsp3) is 0.176. The van der Waals surface area contributed by atoms with Crippen LogP contribution in [0, 0.1) is 6.92 Å². The van der Waals surface area contributed by atoms with E-state index in [2.05, 4.69) is 21.2 Å². The number of aryl methyl sites for hydroxylation is 1. The Kier molecular flexibility index (Phi) is 5.80. The summed E-state index contributed by atoms with van der Waals surface area (Å²) in [6, 6.07) is 12.5. The van der Waals surface area contributed by atoms with Crippen LogP contribution in [0.5, 0.6) is 0 Å². The van der Waals surface area contributed by atoms with Crippen molar-refractivity contribution in [2.45, 2.75) is 13.8 Å². The van der Waals surface area contributed by atoms with Crippen molar-refractivity contribution in [1.82, 2.24) is 0 Å². The molecule has 2 amide bonds. The van der Waals surface area contributed by atoms with Gasteiger partial charge in [-0.15, -0.1) is 0 Å². The van der Waals surface area contributed by atoms with E-state index in [1.165, 1.54) is 11.8 Å². The minimum Gasteiger partial charge on any atom is -0.324 e. The van der Waals surface area contributed by atoms with Gasteiger partial charge in [0, 0.05) is 22.1 Å². The highest BCUT2D eigenvalue weighted by Gasteiger charge is 2.18. The minimum atomic E-state index is -0.295. The van der Waals surface area contributed by atoms with Gasteiger partial charge in [0.05, 0.1) is 5.69 Å².